The molecular weight excluding hydrogens is 258 g/mol. The minimum absolute atomic E-state index is 0.127. The number of carbonyl (C=O) groups is 1. The number of carbonyl (C=O) groups excluding carboxylic acids is 1. The van der Waals surface area contributed by atoms with Crippen LogP contribution in [0.15, 0.2) is 30.3 Å². The summed E-state index contributed by atoms with van der Waals surface area (Å²) < 4.78 is 0. The van der Waals surface area contributed by atoms with Gasteiger partial charge in [-0.05, 0) is 19.9 Å². The molecule has 0 fully saturated rings. The highest BCUT2D eigenvalue weighted by molar-refractivity contribution is 5.99. The number of aromatic nitrogens is 1. The van der Waals surface area contributed by atoms with Gasteiger partial charge in [0.15, 0.2) is 0 Å². The van der Waals surface area contributed by atoms with Crippen molar-refractivity contribution < 1.29 is 9.72 Å². The maximum atomic E-state index is 11.4. The standard InChI is InChI=1S/C14H13N3O3/c1-8-3-5-10(6-4-8)12-13(17(19)20)11(14(15)18)7-9(2)16-12/h3-7H,1-2H3,(H2,15,18). The summed E-state index contributed by atoms with van der Waals surface area (Å²) in [6.07, 6.45) is 0. The maximum Gasteiger partial charge on any atom is 0.308 e. The molecule has 6 heteroatoms. The monoisotopic (exact) mass is 271 g/mol. The van der Waals surface area contributed by atoms with Crippen LogP contribution in [0.5, 0.6) is 0 Å². The molecule has 1 heterocycles. The van der Waals surface area contributed by atoms with Gasteiger partial charge in [-0.2, -0.15) is 0 Å². The molecule has 1 amide bonds. The normalized spacial score (nSPS) is 10.3. The fourth-order valence-corrected chi connectivity index (χ4v) is 1.95. The van der Waals surface area contributed by atoms with E-state index in [0.29, 0.717) is 11.3 Å². The summed E-state index contributed by atoms with van der Waals surface area (Å²) in [5, 5.41) is 11.3. The summed E-state index contributed by atoms with van der Waals surface area (Å²) in [6, 6.07) is 8.45. The molecule has 20 heavy (non-hydrogen) atoms. The zero-order valence-corrected chi connectivity index (χ0v) is 11.1. The molecule has 1 aromatic carbocycles. The van der Waals surface area contributed by atoms with Gasteiger partial charge in [-0.3, -0.25) is 14.9 Å². The van der Waals surface area contributed by atoms with E-state index in [0.717, 1.165) is 5.56 Å². The van der Waals surface area contributed by atoms with Crippen molar-refractivity contribution in [2.45, 2.75) is 13.8 Å². The van der Waals surface area contributed by atoms with Gasteiger partial charge in [0.05, 0.1) is 4.92 Å². The summed E-state index contributed by atoms with van der Waals surface area (Å²) in [7, 11) is 0. The first kappa shape index (κ1) is 13.7. The second-order valence-corrected chi connectivity index (χ2v) is 4.50. The van der Waals surface area contributed by atoms with Crippen LogP contribution in [0.2, 0.25) is 0 Å². The zero-order chi connectivity index (χ0) is 14.9. The summed E-state index contributed by atoms with van der Waals surface area (Å²) in [4.78, 5) is 26.2. The van der Waals surface area contributed by atoms with Gasteiger partial charge in [-0.1, -0.05) is 29.8 Å². The molecule has 6 nitrogen and oxygen atoms in total. The van der Waals surface area contributed by atoms with E-state index in [1.807, 2.05) is 19.1 Å². The van der Waals surface area contributed by atoms with Crippen molar-refractivity contribution in [2.75, 3.05) is 0 Å². The lowest BCUT2D eigenvalue weighted by Gasteiger charge is -2.07. The summed E-state index contributed by atoms with van der Waals surface area (Å²) in [5.74, 6) is -0.837. The average Bonchev–Trinajstić information content (AvgIpc) is 2.38. The number of nitro groups is 1. The number of hydrogen-bond donors (Lipinski definition) is 1. The summed E-state index contributed by atoms with van der Waals surface area (Å²) >= 11 is 0. The van der Waals surface area contributed by atoms with Crippen LogP contribution in [0.3, 0.4) is 0 Å². The number of nitrogens with two attached hydrogens (primary N) is 1. The van der Waals surface area contributed by atoms with Crippen LogP contribution in [0, 0.1) is 24.0 Å². The van der Waals surface area contributed by atoms with Crippen molar-refractivity contribution in [1.82, 2.24) is 4.98 Å². The molecule has 0 bridgehead atoms. The molecule has 0 aliphatic rings. The third-order valence-corrected chi connectivity index (χ3v) is 2.89. The summed E-state index contributed by atoms with van der Waals surface area (Å²) in [5.41, 5.74) is 7.00. The highest BCUT2D eigenvalue weighted by atomic mass is 16.6. The highest BCUT2D eigenvalue weighted by Gasteiger charge is 2.26. The van der Waals surface area contributed by atoms with Gasteiger partial charge < -0.3 is 5.73 Å². The van der Waals surface area contributed by atoms with Crippen molar-refractivity contribution >= 4 is 11.6 Å². The number of rotatable bonds is 3. The van der Waals surface area contributed by atoms with Gasteiger partial charge in [0.25, 0.3) is 5.91 Å². The first-order chi connectivity index (χ1) is 9.40. The van der Waals surface area contributed by atoms with E-state index in [-0.39, 0.29) is 16.9 Å². The minimum atomic E-state index is -0.837. The first-order valence-corrected chi connectivity index (χ1v) is 5.93. The third-order valence-electron chi connectivity index (χ3n) is 2.89. The predicted molar refractivity (Wildman–Crippen MR) is 74.3 cm³/mol. The molecule has 2 N–H and O–H groups in total. The Bertz CT molecular complexity index is 694. The predicted octanol–water partition coefficient (Wildman–Crippen LogP) is 2.37. The van der Waals surface area contributed by atoms with Crippen LogP contribution in [-0.2, 0) is 0 Å². The molecule has 2 rings (SSSR count). The van der Waals surface area contributed by atoms with E-state index in [2.05, 4.69) is 4.98 Å². The van der Waals surface area contributed by atoms with E-state index in [4.69, 9.17) is 5.73 Å². The first-order valence-electron chi connectivity index (χ1n) is 5.93. The lowest BCUT2D eigenvalue weighted by Crippen LogP contribution is -2.15. The molecule has 0 unspecified atom stereocenters. The van der Waals surface area contributed by atoms with E-state index < -0.39 is 10.8 Å². The van der Waals surface area contributed by atoms with Gasteiger partial charge in [-0.25, -0.2) is 4.98 Å². The van der Waals surface area contributed by atoms with Crippen LogP contribution < -0.4 is 5.73 Å². The van der Waals surface area contributed by atoms with Crippen molar-refractivity contribution in [3.8, 4) is 11.3 Å². The second kappa shape index (κ2) is 5.08. The van der Waals surface area contributed by atoms with Crippen molar-refractivity contribution in [3.05, 3.63) is 57.3 Å². The Morgan fingerprint density at radius 3 is 2.35 bits per heavy atom. The fourth-order valence-electron chi connectivity index (χ4n) is 1.95. The largest absolute Gasteiger partial charge is 0.365 e. The zero-order valence-electron chi connectivity index (χ0n) is 11.1. The van der Waals surface area contributed by atoms with Gasteiger partial charge >= 0.3 is 5.69 Å². The lowest BCUT2D eigenvalue weighted by atomic mass is 10.0. The van der Waals surface area contributed by atoms with E-state index in [1.54, 1.807) is 19.1 Å². The number of benzene rings is 1. The molecular formula is C14H13N3O3. The molecule has 0 atom stereocenters. The molecule has 0 aliphatic heterocycles. The number of aryl methyl sites for hydroxylation is 2. The second-order valence-electron chi connectivity index (χ2n) is 4.50. The number of pyridine rings is 1. The Morgan fingerprint density at radius 2 is 1.85 bits per heavy atom. The van der Waals surface area contributed by atoms with Crippen molar-refractivity contribution in [3.63, 3.8) is 0 Å². The lowest BCUT2D eigenvalue weighted by molar-refractivity contribution is -0.384. The van der Waals surface area contributed by atoms with E-state index in [1.165, 1.54) is 6.07 Å². The van der Waals surface area contributed by atoms with E-state index >= 15 is 0 Å². The minimum Gasteiger partial charge on any atom is -0.365 e. The molecule has 102 valence electrons. The Labute approximate surface area is 115 Å². The fraction of sp³-hybridized carbons (Fsp3) is 0.143. The Hall–Kier alpha value is -2.76. The Morgan fingerprint density at radius 1 is 1.25 bits per heavy atom. The smallest absolute Gasteiger partial charge is 0.308 e. The maximum absolute atomic E-state index is 11.4. The van der Waals surface area contributed by atoms with Gasteiger partial charge in [0.1, 0.15) is 11.3 Å². The van der Waals surface area contributed by atoms with Crippen molar-refractivity contribution in [1.29, 1.82) is 0 Å². The number of primary amides is 1. The van der Waals surface area contributed by atoms with Crippen LogP contribution >= 0.6 is 0 Å². The molecule has 0 saturated heterocycles. The SMILES string of the molecule is Cc1ccc(-c2nc(C)cc(C(N)=O)c2[N+](=O)[O-])cc1. The number of nitrogens with zero attached hydrogens (tertiary/aromatic N) is 2. The quantitative estimate of drug-likeness (QED) is 0.684. The molecule has 1 aromatic heterocycles. The topological polar surface area (TPSA) is 99.1 Å². The number of amides is 1. The molecule has 0 spiro atoms. The van der Waals surface area contributed by atoms with E-state index in [9.17, 15) is 14.9 Å². The molecule has 0 saturated carbocycles. The van der Waals surface area contributed by atoms with Gasteiger partial charge in [0, 0.05) is 11.3 Å². The summed E-state index contributed by atoms with van der Waals surface area (Å²) in [6.45, 7) is 3.57. The third kappa shape index (κ3) is 2.49. The average molecular weight is 271 g/mol. The van der Waals surface area contributed by atoms with Crippen LogP contribution in [0.1, 0.15) is 21.6 Å². The molecule has 0 radical (unpaired) electrons. The van der Waals surface area contributed by atoms with Gasteiger partial charge in [0.2, 0.25) is 0 Å². The Kier molecular flexibility index (Phi) is 3.47. The Balaban J connectivity index is 2.77. The van der Waals surface area contributed by atoms with Crippen LogP contribution in [0.25, 0.3) is 11.3 Å². The van der Waals surface area contributed by atoms with Crippen LogP contribution in [0.4, 0.5) is 5.69 Å². The van der Waals surface area contributed by atoms with Crippen LogP contribution in [-0.4, -0.2) is 15.8 Å². The molecule has 0 aliphatic carbocycles. The number of hydrogen-bond acceptors (Lipinski definition) is 4. The van der Waals surface area contributed by atoms with Gasteiger partial charge in [-0.15, -0.1) is 0 Å². The highest BCUT2D eigenvalue weighted by Crippen LogP contribution is 2.31. The van der Waals surface area contributed by atoms with Crippen molar-refractivity contribution in [2.24, 2.45) is 5.73 Å². The molecule has 2 aromatic rings.